The van der Waals surface area contributed by atoms with E-state index in [4.69, 9.17) is 4.74 Å². The Morgan fingerprint density at radius 1 is 1.35 bits per heavy atom. The standard InChI is InChI=1S/C16H20F2N2O3/c1-19-16(22)10-7-12(17)15(13(18)8-10)14(21)4-3-11-9-20(2)5-6-23-11/h7-8,11H,3-6,9H2,1-2H3,(H,19,22)/t11-/m0/s1. The van der Waals surface area contributed by atoms with Gasteiger partial charge in [-0.1, -0.05) is 0 Å². The van der Waals surface area contributed by atoms with Crippen molar-refractivity contribution in [1.82, 2.24) is 10.2 Å². The van der Waals surface area contributed by atoms with Crippen LogP contribution in [0.5, 0.6) is 0 Å². The highest BCUT2D eigenvalue weighted by atomic mass is 19.1. The molecule has 1 amide bonds. The lowest BCUT2D eigenvalue weighted by molar-refractivity contribution is -0.0233. The molecule has 0 saturated carbocycles. The van der Waals surface area contributed by atoms with Gasteiger partial charge in [-0.3, -0.25) is 9.59 Å². The van der Waals surface area contributed by atoms with Crippen LogP contribution >= 0.6 is 0 Å². The summed E-state index contributed by atoms with van der Waals surface area (Å²) in [4.78, 5) is 25.6. The van der Waals surface area contributed by atoms with Gasteiger partial charge in [-0.25, -0.2) is 8.78 Å². The lowest BCUT2D eigenvalue weighted by Crippen LogP contribution is -2.40. The summed E-state index contributed by atoms with van der Waals surface area (Å²) in [5.74, 6) is -3.27. The molecule has 0 unspecified atom stereocenters. The van der Waals surface area contributed by atoms with Crippen LogP contribution in [0.4, 0.5) is 8.78 Å². The molecule has 0 radical (unpaired) electrons. The number of likely N-dealkylation sites (N-methyl/N-ethyl adjacent to an activating group) is 1. The third kappa shape index (κ3) is 4.33. The van der Waals surface area contributed by atoms with Gasteiger partial charge in [-0.05, 0) is 25.6 Å². The summed E-state index contributed by atoms with van der Waals surface area (Å²) in [6.07, 6.45) is 0.277. The zero-order valence-electron chi connectivity index (χ0n) is 13.2. The zero-order chi connectivity index (χ0) is 17.0. The number of ketones is 1. The monoisotopic (exact) mass is 326 g/mol. The van der Waals surface area contributed by atoms with E-state index in [1.807, 2.05) is 7.05 Å². The van der Waals surface area contributed by atoms with Crippen LogP contribution in [0, 0.1) is 11.6 Å². The molecule has 1 N–H and O–H groups in total. The number of hydrogen-bond donors (Lipinski definition) is 1. The van der Waals surface area contributed by atoms with Crippen molar-refractivity contribution in [1.29, 1.82) is 0 Å². The number of nitrogens with one attached hydrogen (secondary N) is 1. The van der Waals surface area contributed by atoms with Gasteiger partial charge in [0.25, 0.3) is 5.91 Å². The van der Waals surface area contributed by atoms with Gasteiger partial charge in [-0.15, -0.1) is 0 Å². The number of ether oxygens (including phenoxy) is 1. The Morgan fingerprint density at radius 3 is 2.57 bits per heavy atom. The Bertz CT molecular complexity index is 584. The van der Waals surface area contributed by atoms with Crippen molar-refractivity contribution in [2.45, 2.75) is 18.9 Å². The molecular weight excluding hydrogens is 306 g/mol. The topological polar surface area (TPSA) is 58.6 Å². The minimum absolute atomic E-state index is 0.00827. The fraction of sp³-hybridized carbons (Fsp3) is 0.500. The van der Waals surface area contributed by atoms with E-state index in [1.54, 1.807) is 0 Å². The maximum atomic E-state index is 14.0. The van der Waals surface area contributed by atoms with E-state index in [9.17, 15) is 18.4 Å². The predicted molar refractivity (Wildman–Crippen MR) is 80.5 cm³/mol. The predicted octanol–water partition coefficient (Wildman–Crippen LogP) is 1.62. The average Bonchev–Trinajstić information content (AvgIpc) is 2.51. The molecule has 1 aliphatic heterocycles. The minimum Gasteiger partial charge on any atom is -0.376 e. The Morgan fingerprint density at radius 2 is 2.00 bits per heavy atom. The Hall–Kier alpha value is -1.86. The maximum Gasteiger partial charge on any atom is 0.251 e. The van der Waals surface area contributed by atoms with Crippen LogP contribution in [0.1, 0.15) is 33.6 Å². The summed E-state index contributed by atoms with van der Waals surface area (Å²) in [6.45, 7) is 2.10. The lowest BCUT2D eigenvalue weighted by atomic mass is 10.0. The Kier molecular flexibility index (Phi) is 5.79. The number of benzene rings is 1. The van der Waals surface area contributed by atoms with E-state index < -0.39 is 28.9 Å². The van der Waals surface area contributed by atoms with Crippen LogP contribution in [0.2, 0.25) is 0 Å². The highest BCUT2D eigenvalue weighted by Gasteiger charge is 2.23. The van der Waals surface area contributed by atoms with Gasteiger partial charge in [0, 0.05) is 32.1 Å². The van der Waals surface area contributed by atoms with E-state index in [0.717, 1.165) is 18.7 Å². The molecule has 7 heteroatoms. The first-order chi connectivity index (χ1) is 10.9. The van der Waals surface area contributed by atoms with Crippen LogP contribution in [0.25, 0.3) is 0 Å². The fourth-order valence-corrected chi connectivity index (χ4v) is 2.57. The van der Waals surface area contributed by atoms with Gasteiger partial charge in [-0.2, -0.15) is 0 Å². The van der Waals surface area contributed by atoms with Crippen molar-refractivity contribution in [2.24, 2.45) is 0 Å². The fourth-order valence-electron chi connectivity index (χ4n) is 2.57. The molecule has 1 aromatic rings. The van der Waals surface area contributed by atoms with E-state index in [2.05, 4.69) is 10.2 Å². The van der Waals surface area contributed by atoms with E-state index in [1.165, 1.54) is 7.05 Å². The number of hydrogen-bond acceptors (Lipinski definition) is 4. The number of morpholine rings is 1. The van der Waals surface area contributed by atoms with Gasteiger partial charge in [0.1, 0.15) is 11.6 Å². The van der Waals surface area contributed by atoms with E-state index >= 15 is 0 Å². The normalized spacial score (nSPS) is 18.7. The number of carbonyl (C=O) groups excluding carboxylic acids is 2. The summed E-state index contributed by atoms with van der Waals surface area (Å²) >= 11 is 0. The van der Waals surface area contributed by atoms with E-state index in [0.29, 0.717) is 19.6 Å². The Balaban J connectivity index is 2.05. The maximum absolute atomic E-state index is 14.0. The second-order valence-corrected chi connectivity index (χ2v) is 5.61. The smallest absolute Gasteiger partial charge is 0.251 e. The van der Waals surface area contributed by atoms with Crippen molar-refractivity contribution in [3.05, 3.63) is 34.9 Å². The largest absolute Gasteiger partial charge is 0.376 e. The molecule has 1 saturated heterocycles. The first kappa shape index (κ1) is 17.5. The second kappa shape index (κ2) is 7.61. The molecule has 1 aliphatic rings. The van der Waals surface area contributed by atoms with Crippen molar-refractivity contribution in [2.75, 3.05) is 33.8 Å². The van der Waals surface area contributed by atoms with Gasteiger partial charge in [0.05, 0.1) is 18.3 Å². The number of rotatable bonds is 5. The molecule has 1 atom stereocenters. The minimum atomic E-state index is -1.02. The first-order valence-corrected chi connectivity index (χ1v) is 7.47. The molecule has 0 spiro atoms. The molecule has 0 aliphatic carbocycles. The molecule has 1 aromatic carbocycles. The van der Waals surface area contributed by atoms with Gasteiger partial charge >= 0.3 is 0 Å². The summed E-state index contributed by atoms with van der Waals surface area (Å²) < 4.78 is 33.5. The highest BCUT2D eigenvalue weighted by Crippen LogP contribution is 2.19. The number of amides is 1. The average molecular weight is 326 g/mol. The zero-order valence-corrected chi connectivity index (χ0v) is 13.2. The highest BCUT2D eigenvalue weighted by molar-refractivity contribution is 5.99. The molecular formula is C16H20F2N2O3. The molecule has 2 rings (SSSR count). The SMILES string of the molecule is CNC(=O)c1cc(F)c(C(=O)CC[C@H]2CN(C)CCO2)c(F)c1. The third-order valence-corrected chi connectivity index (χ3v) is 3.85. The molecule has 1 fully saturated rings. The van der Waals surface area contributed by atoms with E-state index in [-0.39, 0.29) is 18.1 Å². The third-order valence-electron chi connectivity index (χ3n) is 3.85. The number of nitrogens with zero attached hydrogens (tertiary/aromatic N) is 1. The quantitative estimate of drug-likeness (QED) is 0.836. The number of Topliss-reactive ketones (excluding diaryl/α,β-unsaturated/α-hetero) is 1. The Labute approximate surface area is 133 Å². The molecule has 126 valence electrons. The number of halogens is 2. The summed E-state index contributed by atoms with van der Waals surface area (Å²) in [7, 11) is 3.31. The van der Waals surface area contributed by atoms with Crippen LogP contribution in [0.3, 0.4) is 0 Å². The molecule has 1 heterocycles. The number of carbonyl (C=O) groups is 2. The summed E-state index contributed by atoms with van der Waals surface area (Å²) in [5, 5.41) is 2.28. The van der Waals surface area contributed by atoms with Gasteiger partial charge in [0.15, 0.2) is 5.78 Å². The first-order valence-electron chi connectivity index (χ1n) is 7.47. The molecule has 0 bridgehead atoms. The van der Waals surface area contributed by atoms with Crippen LogP contribution < -0.4 is 5.32 Å². The molecule has 0 aromatic heterocycles. The van der Waals surface area contributed by atoms with Crippen molar-refractivity contribution >= 4 is 11.7 Å². The lowest BCUT2D eigenvalue weighted by Gasteiger charge is -2.29. The second-order valence-electron chi connectivity index (χ2n) is 5.61. The van der Waals surface area contributed by atoms with Crippen molar-refractivity contribution in [3.63, 3.8) is 0 Å². The van der Waals surface area contributed by atoms with Crippen molar-refractivity contribution in [3.8, 4) is 0 Å². The molecule has 23 heavy (non-hydrogen) atoms. The van der Waals surface area contributed by atoms with Crippen LogP contribution in [-0.2, 0) is 4.74 Å². The van der Waals surface area contributed by atoms with Crippen LogP contribution in [0.15, 0.2) is 12.1 Å². The molecule has 5 nitrogen and oxygen atoms in total. The van der Waals surface area contributed by atoms with Crippen LogP contribution in [-0.4, -0.2) is 56.5 Å². The van der Waals surface area contributed by atoms with Gasteiger partial charge < -0.3 is 15.0 Å². The van der Waals surface area contributed by atoms with Crippen molar-refractivity contribution < 1.29 is 23.1 Å². The van der Waals surface area contributed by atoms with Gasteiger partial charge in [0.2, 0.25) is 0 Å². The summed E-state index contributed by atoms with van der Waals surface area (Å²) in [5.41, 5.74) is -0.752. The summed E-state index contributed by atoms with van der Waals surface area (Å²) in [6, 6.07) is 1.75.